The van der Waals surface area contributed by atoms with Crippen molar-refractivity contribution in [1.82, 2.24) is 5.32 Å². The van der Waals surface area contributed by atoms with Gasteiger partial charge in [0.05, 0.1) is 12.0 Å². The van der Waals surface area contributed by atoms with Gasteiger partial charge in [0.1, 0.15) is 0 Å². The summed E-state index contributed by atoms with van der Waals surface area (Å²) >= 11 is 0. The van der Waals surface area contributed by atoms with E-state index >= 15 is 0 Å². The summed E-state index contributed by atoms with van der Waals surface area (Å²) in [6.45, 7) is 3.19. The first-order valence-corrected chi connectivity index (χ1v) is 10.3. The lowest BCUT2D eigenvalue weighted by Gasteiger charge is -2.27. The van der Waals surface area contributed by atoms with E-state index in [4.69, 9.17) is 9.47 Å². The van der Waals surface area contributed by atoms with Crippen LogP contribution in [0.15, 0.2) is 54.6 Å². The zero-order valence-electron chi connectivity index (χ0n) is 16.5. The number of hydrogen-bond donors (Lipinski definition) is 1. The van der Waals surface area contributed by atoms with Crippen molar-refractivity contribution in [2.75, 3.05) is 13.2 Å². The highest BCUT2D eigenvalue weighted by Gasteiger charge is 2.43. The van der Waals surface area contributed by atoms with Crippen LogP contribution in [0.5, 0.6) is 0 Å². The fourth-order valence-corrected chi connectivity index (χ4v) is 4.16. The minimum atomic E-state index is -0.477. The maximum absolute atomic E-state index is 12.6. The lowest BCUT2D eigenvalue weighted by atomic mass is 9.86. The molecule has 28 heavy (non-hydrogen) atoms. The van der Waals surface area contributed by atoms with Gasteiger partial charge in [0.15, 0.2) is 6.29 Å². The van der Waals surface area contributed by atoms with Crippen molar-refractivity contribution < 1.29 is 14.3 Å². The predicted molar refractivity (Wildman–Crippen MR) is 110 cm³/mol. The monoisotopic (exact) mass is 379 g/mol. The van der Waals surface area contributed by atoms with Gasteiger partial charge in [0, 0.05) is 12.6 Å². The van der Waals surface area contributed by atoms with Crippen LogP contribution in [0.1, 0.15) is 38.2 Å². The molecular weight excluding hydrogens is 350 g/mol. The Labute approximate surface area is 167 Å². The largest absolute Gasteiger partial charge is 0.353 e. The third-order valence-corrected chi connectivity index (χ3v) is 5.85. The van der Waals surface area contributed by atoms with Crippen LogP contribution in [0, 0.1) is 5.41 Å². The Kier molecular flexibility index (Phi) is 5.79. The van der Waals surface area contributed by atoms with E-state index in [9.17, 15) is 4.79 Å². The van der Waals surface area contributed by atoms with Crippen molar-refractivity contribution in [3.05, 3.63) is 60.2 Å². The molecule has 2 aliphatic rings. The maximum atomic E-state index is 12.6. The number of benzene rings is 2. The quantitative estimate of drug-likeness (QED) is 0.812. The van der Waals surface area contributed by atoms with Crippen LogP contribution < -0.4 is 5.32 Å². The number of hydrogen-bond acceptors (Lipinski definition) is 3. The minimum absolute atomic E-state index is 0.0919. The molecule has 2 heterocycles. The van der Waals surface area contributed by atoms with E-state index in [1.807, 2.05) is 13.0 Å². The molecule has 2 fully saturated rings. The molecule has 1 amide bonds. The van der Waals surface area contributed by atoms with E-state index in [-0.39, 0.29) is 18.2 Å². The summed E-state index contributed by atoms with van der Waals surface area (Å²) in [5, 5.41) is 3.17. The average Bonchev–Trinajstić information content (AvgIpc) is 3.02. The predicted octanol–water partition coefficient (Wildman–Crippen LogP) is 4.33. The number of rotatable bonds is 6. The van der Waals surface area contributed by atoms with Crippen LogP contribution in [0.4, 0.5) is 0 Å². The highest BCUT2D eigenvalue weighted by molar-refractivity contribution is 5.85. The van der Waals surface area contributed by atoms with E-state index in [0.29, 0.717) is 6.61 Å². The van der Waals surface area contributed by atoms with Crippen molar-refractivity contribution in [3.63, 3.8) is 0 Å². The Morgan fingerprint density at radius 1 is 1.07 bits per heavy atom. The zero-order chi connectivity index (χ0) is 19.4. The molecule has 1 unspecified atom stereocenters. The minimum Gasteiger partial charge on any atom is -0.353 e. The molecule has 0 spiro atoms. The van der Waals surface area contributed by atoms with Gasteiger partial charge in [-0.2, -0.15) is 0 Å². The van der Waals surface area contributed by atoms with Gasteiger partial charge in [-0.25, -0.2) is 0 Å². The first-order valence-electron chi connectivity index (χ1n) is 10.3. The lowest BCUT2D eigenvalue weighted by molar-refractivity contribution is -0.178. The summed E-state index contributed by atoms with van der Waals surface area (Å²) in [6.07, 6.45) is 4.64. The second-order valence-corrected chi connectivity index (χ2v) is 8.31. The molecule has 4 rings (SSSR count). The van der Waals surface area contributed by atoms with Crippen molar-refractivity contribution >= 4 is 5.91 Å². The Bertz CT molecular complexity index is 783. The third kappa shape index (κ3) is 4.45. The van der Waals surface area contributed by atoms with Gasteiger partial charge in [-0.15, -0.1) is 0 Å². The number of amides is 1. The van der Waals surface area contributed by atoms with Crippen LogP contribution >= 0.6 is 0 Å². The van der Waals surface area contributed by atoms with E-state index in [1.54, 1.807) is 0 Å². The van der Waals surface area contributed by atoms with E-state index in [1.165, 1.54) is 16.7 Å². The standard InChI is InChI=1S/C24H29NO3/c1-24(17-28-22-9-5-6-14-27-22)16-21(25-23(24)26)15-18-10-12-20(13-11-18)19-7-3-2-4-8-19/h2-4,7-8,10-13,21-22H,5-6,9,14-17H2,1H3,(H,25,26)/t21-,22?,24+/m1/s1. The Morgan fingerprint density at radius 3 is 2.54 bits per heavy atom. The first-order chi connectivity index (χ1) is 13.6. The topological polar surface area (TPSA) is 47.6 Å². The number of nitrogens with one attached hydrogen (secondary N) is 1. The average molecular weight is 380 g/mol. The second kappa shape index (κ2) is 8.46. The van der Waals surface area contributed by atoms with Gasteiger partial charge < -0.3 is 14.8 Å². The molecule has 1 N–H and O–H groups in total. The Hall–Kier alpha value is -2.17. The maximum Gasteiger partial charge on any atom is 0.228 e. The summed E-state index contributed by atoms with van der Waals surface area (Å²) in [6, 6.07) is 19.2. The van der Waals surface area contributed by atoms with Crippen LogP contribution in [0.25, 0.3) is 11.1 Å². The summed E-state index contributed by atoms with van der Waals surface area (Å²) in [5.41, 5.74) is 3.20. The van der Waals surface area contributed by atoms with Gasteiger partial charge in [0.25, 0.3) is 0 Å². The summed E-state index contributed by atoms with van der Waals surface area (Å²) in [4.78, 5) is 12.6. The zero-order valence-corrected chi connectivity index (χ0v) is 16.5. The van der Waals surface area contributed by atoms with Crippen molar-refractivity contribution in [2.24, 2.45) is 5.41 Å². The number of carbonyl (C=O) groups excluding carboxylic acids is 1. The summed E-state index contributed by atoms with van der Waals surface area (Å²) < 4.78 is 11.6. The molecule has 0 radical (unpaired) electrons. The molecule has 3 atom stereocenters. The fourth-order valence-electron chi connectivity index (χ4n) is 4.16. The summed E-state index contributed by atoms with van der Waals surface area (Å²) in [7, 11) is 0. The number of carbonyl (C=O) groups is 1. The molecule has 0 saturated carbocycles. The molecule has 148 valence electrons. The molecule has 0 aromatic heterocycles. The van der Waals surface area contributed by atoms with Crippen molar-refractivity contribution in [3.8, 4) is 11.1 Å². The third-order valence-electron chi connectivity index (χ3n) is 5.85. The van der Waals surface area contributed by atoms with E-state index in [0.717, 1.165) is 38.7 Å². The molecule has 2 aromatic carbocycles. The normalized spacial score (nSPS) is 27.5. The highest BCUT2D eigenvalue weighted by Crippen LogP contribution is 2.32. The highest BCUT2D eigenvalue weighted by atomic mass is 16.7. The second-order valence-electron chi connectivity index (χ2n) is 8.31. The van der Waals surface area contributed by atoms with E-state index in [2.05, 4.69) is 53.8 Å². The molecular formula is C24H29NO3. The number of ether oxygens (including phenoxy) is 2. The first kappa shape index (κ1) is 19.2. The van der Waals surface area contributed by atoms with Crippen molar-refractivity contribution in [2.45, 2.75) is 51.4 Å². The van der Waals surface area contributed by atoms with Crippen LogP contribution in [-0.4, -0.2) is 31.5 Å². The molecule has 4 heteroatoms. The van der Waals surface area contributed by atoms with Gasteiger partial charge in [0.2, 0.25) is 5.91 Å². The Balaban J connectivity index is 1.33. The van der Waals surface area contributed by atoms with Crippen LogP contribution in [-0.2, 0) is 20.7 Å². The van der Waals surface area contributed by atoms with Crippen LogP contribution in [0.3, 0.4) is 0 Å². The van der Waals surface area contributed by atoms with Crippen molar-refractivity contribution in [1.29, 1.82) is 0 Å². The smallest absolute Gasteiger partial charge is 0.228 e. The molecule has 4 nitrogen and oxygen atoms in total. The van der Waals surface area contributed by atoms with E-state index < -0.39 is 5.41 Å². The lowest BCUT2D eigenvalue weighted by Crippen LogP contribution is -2.36. The molecule has 2 aromatic rings. The van der Waals surface area contributed by atoms with Gasteiger partial charge >= 0.3 is 0 Å². The van der Waals surface area contributed by atoms with Crippen LogP contribution in [0.2, 0.25) is 0 Å². The SMILES string of the molecule is C[C@@]1(COC2CCCCO2)C[C@@H](Cc2ccc(-c3ccccc3)cc2)NC1=O. The summed E-state index contributed by atoms with van der Waals surface area (Å²) in [5.74, 6) is 0.0919. The molecule has 0 bridgehead atoms. The Morgan fingerprint density at radius 2 is 1.82 bits per heavy atom. The van der Waals surface area contributed by atoms with Gasteiger partial charge in [-0.3, -0.25) is 4.79 Å². The van der Waals surface area contributed by atoms with Gasteiger partial charge in [-0.05, 0) is 55.7 Å². The fraction of sp³-hybridized carbons (Fsp3) is 0.458. The molecule has 0 aliphatic carbocycles. The van der Waals surface area contributed by atoms with Gasteiger partial charge in [-0.1, -0.05) is 54.6 Å². The molecule has 2 saturated heterocycles. The molecule has 2 aliphatic heterocycles.